The SMILES string of the molecule is Cc1c(C(=O)OCc2ccccc2)sc2nc(Cl)nc(N3CCN(c4ncccn4)CC3)c12. The van der Waals surface area contributed by atoms with Crippen molar-refractivity contribution in [2.75, 3.05) is 36.0 Å². The topological polar surface area (TPSA) is 84.3 Å². The lowest BCUT2D eigenvalue weighted by molar-refractivity contribution is 0.0478. The maximum Gasteiger partial charge on any atom is 0.349 e. The van der Waals surface area contributed by atoms with Crippen molar-refractivity contribution in [1.29, 1.82) is 0 Å². The van der Waals surface area contributed by atoms with Crippen LogP contribution >= 0.6 is 22.9 Å². The van der Waals surface area contributed by atoms with Gasteiger partial charge in [-0.15, -0.1) is 11.3 Å². The average Bonchev–Trinajstić information content (AvgIpc) is 3.19. The van der Waals surface area contributed by atoms with E-state index < -0.39 is 0 Å². The molecule has 0 N–H and O–H groups in total. The van der Waals surface area contributed by atoms with Crippen LogP contribution in [0.1, 0.15) is 20.8 Å². The molecule has 0 saturated carbocycles. The number of aromatic nitrogens is 4. The Balaban J connectivity index is 1.38. The van der Waals surface area contributed by atoms with Gasteiger partial charge in [0, 0.05) is 38.6 Å². The second-order valence-electron chi connectivity index (χ2n) is 7.64. The van der Waals surface area contributed by atoms with Gasteiger partial charge < -0.3 is 14.5 Å². The number of hydrogen-bond acceptors (Lipinski definition) is 9. The van der Waals surface area contributed by atoms with Crippen LogP contribution < -0.4 is 9.80 Å². The standard InChI is InChI=1S/C23H21ClN6O2S/c1-15-17-19(29-10-12-30(13-11-29)23-25-8-5-9-26-23)27-22(24)28-20(17)33-18(15)21(31)32-14-16-6-3-2-4-7-16/h2-9H,10-14H2,1H3. The Morgan fingerprint density at radius 2 is 1.73 bits per heavy atom. The van der Waals surface area contributed by atoms with E-state index in [4.69, 9.17) is 16.3 Å². The van der Waals surface area contributed by atoms with Gasteiger partial charge in [0.25, 0.3) is 0 Å². The van der Waals surface area contributed by atoms with E-state index in [0.29, 0.717) is 9.71 Å². The smallest absolute Gasteiger partial charge is 0.349 e. The van der Waals surface area contributed by atoms with Crippen molar-refractivity contribution in [3.05, 3.63) is 70.1 Å². The summed E-state index contributed by atoms with van der Waals surface area (Å²) in [4.78, 5) is 36.0. The Morgan fingerprint density at radius 1 is 1.03 bits per heavy atom. The number of rotatable bonds is 5. The van der Waals surface area contributed by atoms with Crippen molar-refractivity contribution in [3.8, 4) is 0 Å². The van der Waals surface area contributed by atoms with Crippen LogP contribution in [0.15, 0.2) is 48.8 Å². The summed E-state index contributed by atoms with van der Waals surface area (Å²) in [5.74, 6) is 1.10. The van der Waals surface area contributed by atoms with Crippen molar-refractivity contribution in [3.63, 3.8) is 0 Å². The van der Waals surface area contributed by atoms with Crippen LogP contribution in [-0.4, -0.2) is 52.1 Å². The number of carbonyl (C=O) groups is 1. The zero-order valence-electron chi connectivity index (χ0n) is 17.9. The average molecular weight is 481 g/mol. The highest BCUT2D eigenvalue weighted by molar-refractivity contribution is 7.20. The lowest BCUT2D eigenvalue weighted by Crippen LogP contribution is -2.47. The van der Waals surface area contributed by atoms with Crippen molar-refractivity contribution >= 4 is 50.9 Å². The van der Waals surface area contributed by atoms with Crippen LogP contribution in [-0.2, 0) is 11.3 Å². The monoisotopic (exact) mass is 480 g/mol. The summed E-state index contributed by atoms with van der Waals surface area (Å²) in [6, 6.07) is 11.4. The van der Waals surface area contributed by atoms with Crippen LogP contribution in [0.4, 0.5) is 11.8 Å². The molecule has 0 spiro atoms. The number of fused-ring (bicyclic) bond motifs is 1. The Kier molecular flexibility index (Phi) is 6.06. The molecule has 0 aliphatic carbocycles. The lowest BCUT2D eigenvalue weighted by Gasteiger charge is -2.35. The van der Waals surface area contributed by atoms with Crippen LogP contribution in [0.5, 0.6) is 0 Å². The zero-order chi connectivity index (χ0) is 22.8. The number of thiophene rings is 1. The number of benzene rings is 1. The molecule has 1 saturated heterocycles. The molecule has 1 aliphatic rings. The molecule has 0 bridgehead atoms. The maximum absolute atomic E-state index is 12.9. The molecule has 5 rings (SSSR count). The van der Waals surface area contributed by atoms with Gasteiger partial charge >= 0.3 is 5.97 Å². The molecule has 1 aliphatic heterocycles. The van der Waals surface area contributed by atoms with Crippen LogP contribution in [0, 0.1) is 6.92 Å². The molecule has 4 heterocycles. The number of hydrogen-bond donors (Lipinski definition) is 0. The molecule has 0 atom stereocenters. The Morgan fingerprint density at radius 3 is 2.45 bits per heavy atom. The van der Waals surface area contributed by atoms with Crippen LogP contribution in [0.2, 0.25) is 5.28 Å². The molecule has 8 nitrogen and oxygen atoms in total. The summed E-state index contributed by atoms with van der Waals surface area (Å²) >= 11 is 7.55. The summed E-state index contributed by atoms with van der Waals surface area (Å²) < 4.78 is 5.56. The normalized spacial score (nSPS) is 14.0. The fraction of sp³-hybridized carbons (Fsp3) is 0.261. The zero-order valence-corrected chi connectivity index (χ0v) is 19.5. The number of carbonyl (C=O) groups excluding carboxylic acids is 1. The minimum atomic E-state index is -0.368. The van der Waals surface area contributed by atoms with Crippen molar-refractivity contribution in [2.24, 2.45) is 0 Å². The van der Waals surface area contributed by atoms with E-state index in [9.17, 15) is 4.79 Å². The summed E-state index contributed by atoms with van der Waals surface area (Å²) in [5.41, 5.74) is 1.75. The molecule has 1 aromatic carbocycles. The largest absolute Gasteiger partial charge is 0.457 e. The number of esters is 1. The number of halogens is 1. The van der Waals surface area contributed by atoms with Crippen molar-refractivity contribution in [2.45, 2.75) is 13.5 Å². The second-order valence-corrected chi connectivity index (χ2v) is 8.97. The first-order valence-electron chi connectivity index (χ1n) is 10.5. The first-order chi connectivity index (χ1) is 16.1. The first kappa shape index (κ1) is 21.5. The summed E-state index contributed by atoms with van der Waals surface area (Å²) in [6.45, 7) is 5.08. The minimum Gasteiger partial charge on any atom is -0.457 e. The molecule has 0 amide bonds. The molecule has 168 valence electrons. The number of anilines is 2. The van der Waals surface area contributed by atoms with Gasteiger partial charge in [-0.25, -0.2) is 19.7 Å². The minimum absolute atomic E-state index is 0.164. The summed E-state index contributed by atoms with van der Waals surface area (Å²) in [5, 5.41) is 1.01. The third-order valence-electron chi connectivity index (χ3n) is 5.56. The molecule has 3 aromatic heterocycles. The molecular weight excluding hydrogens is 460 g/mol. The van der Waals surface area contributed by atoms with Gasteiger partial charge in [-0.05, 0) is 35.7 Å². The van der Waals surface area contributed by atoms with E-state index in [1.807, 2.05) is 37.3 Å². The Hall–Kier alpha value is -3.30. The van der Waals surface area contributed by atoms with Gasteiger partial charge in [-0.3, -0.25) is 0 Å². The van der Waals surface area contributed by atoms with Crippen molar-refractivity contribution in [1.82, 2.24) is 19.9 Å². The van der Waals surface area contributed by atoms with Gasteiger partial charge in [0.15, 0.2) is 0 Å². The maximum atomic E-state index is 12.9. The van der Waals surface area contributed by atoms with Gasteiger partial charge in [0.1, 0.15) is 22.1 Å². The predicted octanol–water partition coefficient (Wildman–Crippen LogP) is 4.13. The fourth-order valence-electron chi connectivity index (χ4n) is 3.88. The lowest BCUT2D eigenvalue weighted by atomic mass is 10.2. The van der Waals surface area contributed by atoms with E-state index in [2.05, 4.69) is 29.7 Å². The molecule has 1 fully saturated rings. The van der Waals surface area contributed by atoms with E-state index >= 15 is 0 Å². The van der Waals surface area contributed by atoms with Gasteiger partial charge in [0.2, 0.25) is 11.2 Å². The molecular formula is C23H21ClN6O2S. The third-order valence-corrected chi connectivity index (χ3v) is 6.89. The predicted molar refractivity (Wildman–Crippen MR) is 129 cm³/mol. The molecule has 10 heteroatoms. The molecule has 4 aromatic rings. The van der Waals surface area contributed by atoms with E-state index in [1.165, 1.54) is 11.3 Å². The van der Waals surface area contributed by atoms with E-state index in [-0.39, 0.29) is 17.9 Å². The van der Waals surface area contributed by atoms with E-state index in [1.54, 1.807) is 18.5 Å². The second kappa shape index (κ2) is 9.29. The highest BCUT2D eigenvalue weighted by Crippen LogP contribution is 2.37. The quantitative estimate of drug-likeness (QED) is 0.311. The Bertz CT molecular complexity index is 1280. The number of piperazine rings is 1. The van der Waals surface area contributed by atoms with Gasteiger partial charge in [-0.2, -0.15) is 4.98 Å². The van der Waals surface area contributed by atoms with Gasteiger partial charge in [-0.1, -0.05) is 30.3 Å². The summed E-state index contributed by atoms with van der Waals surface area (Å²) in [6.07, 6.45) is 3.49. The number of nitrogens with zero attached hydrogens (tertiary/aromatic N) is 6. The number of aryl methyl sites for hydroxylation is 1. The molecule has 33 heavy (non-hydrogen) atoms. The highest BCUT2D eigenvalue weighted by Gasteiger charge is 2.26. The van der Waals surface area contributed by atoms with E-state index in [0.717, 1.165) is 54.5 Å². The fourth-order valence-corrected chi connectivity index (χ4v) is 5.16. The summed E-state index contributed by atoms with van der Waals surface area (Å²) in [7, 11) is 0. The number of ether oxygens (including phenoxy) is 1. The highest BCUT2D eigenvalue weighted by atomic mass is 35.5. The molecule has 0 unspecified atom stereocenters. The van der Waals surface area contributed by atoms with Crippen LogP contribution in [0.3, 0.4) is 0 Å². The van der Waals surface area contributed by atoms with Gasteiger partial charge in [0.05, 0.1) is 5.39 Å². The van der Waals surface area contributed by atoms with Crippen molar-refractivity contribution < 1.29 is 9.53 Å². The van der Waals surface area contributed by atoms with Crippen LogP contribution in [0.25, 0.3) is 10.2 Å². The third kappa shape index (κ3) is 4.46. The Labute approximate surface area is 199 Å². The molecule has 0 radical (unpaired) electrons. The first-order valence-corrected chi connectivity index (χ1v) is 11.7.